The normalized spacial score (nSPS) is 11.9. The van der Waals surface area contributed by atoms with Crippen molar-refractivity contribution in [2.24, 2.45) is 0 Å². The maximum Gasteiger partial charge on any atom is 0.450 e. The lowest BCUT2D eigenvalue weighted by molar-refractivity contribution is -0.145. The van der Waals surface area contributed by atoms with Crippen molar-refractivity contribution >= 4 is 22.6 Å². The van der Waals surface area contributed by atoms with E-state index in [0.29, 0.717) is 22.0 Å². The van der Waals surface area contributed by atoms with Crippen molar-refractivity contribution in [1.29, 1.82) is 0 Å². The number of fused-ring (bicyclic) bond motifs is 1. The van der Waals surface area contributed by atoms with Gasteiger partial charge in [0.15, 0.2) is 0 Å². The minimum atomic E-state index is -4.58. The zero-order valence-electron chi connectivity index (χ0n) is 11.4. The molecule has 0 N–H and O–H groups in total. The molecule has 1 heterocycles. The summed E-state index contributed by atoms with van der Waals surface area (Å²) in [4.78, 5) is 3.69. The zero-order chi connectivity index (χ0) is 15.9. The zero-order valence-corrected chi connectivity index (χ0v) is 12.1. The van der Waals surface area contributed by atoms with Crippen LogP contribution < -0.4 is 4.74 Å². The fourth-order valence-corrected chi connectivity index (χ4v) is 2.40. The van der Waals surface area contributed by atoms with Gasteiger partial charge in [0.05, 0.1) is 18.1 Å². The Balaban J connectivity index is 2.30. The first kappa shape index (κ1) is 14.7. The summed E-state index contributed by atoms with van der Waals surface area (Å²) in [5, 5.41) is 0.343. The van der Waals surface area contributed by atoms with E-state index in [0.717, 1.165) is 4.57 Å². The van der Waals surface area contributed by atoms with Crippen molar-refractivity contribution in [1.82, 2.24) is 9.55 Å². The van der Waals surface area contributed by atoms with Gasteiger partial charge >= 0.3 is 6.18 Å². The van der Waals surface area contributed by atoms with Gasteiger partial charge in [-0.2, -0.15) is 13.2 Å². The minimum Gasteiger partial charge on any atom is -0.497 e. The van der Waals surface area contributed by atoms with E-state index in [1.54, 1.807) is 12.1 Å². The molecule has 0 fully saturated rings. The van der Waals surface area contributed by atoms with E-state index in [1.807, 2.05) is 0 Å². The molecule has 3 aromatic rings. The lowest BCUT2D eigenvalue weighted by Crippen LogP contribution is -2.13. The predicted octanol–water partition coefficient (Wildman–Crippen LogP) is 4.71. The Morgan fingerprint density at radius 1 is 1.09 bits per heavy atom. The van der Waals surface area contributed by atoms with Gasteiger partial charge in [0.2, 0.25) is 5.82 Å². The highest BCUT2D eigenvalue weighted by atomic mass is 35.5. The molecule has 0 saturated heterocycles. The Hall–Kier alpha value is -2.21. The quantitative estimate of drug-likeness (QED) is 0.682. The summed E-state index contributed by atoms with van der Waals surface area (Å²) in [6, 6.07) is 10.7. The van der Waals surface area contributed by atoms with E-state index >= 15 is 0 Å². The number of hydrogen-bond acceptors (Lipinski definition) is 2. The van der Waals surface area contributed by atoms with Gasteiger partial charge in [0.1, 0.15) is 5.75 Å². The number of halogens is 4. The molecule has 114 valence electrons. The number of rotatable bonds is 2. The summed E-state index contributed by atoms with van der Waals surface area (Å²) >= 11 is 5.91. The Kier molecular flexibility index (Phi) is 3.48. The lowest BCUT2D eigenvalue weighted by Gasteiger charge is -2.12. The Bertz CT molecular complexity index is 825. The van der Waals surface area contributed by atoms with E-state index in [9.17, 15) is 13.2 Å². The molecule has 22 heavy (non-hydrogen) atoms. The van der Waals surface area contributed by atoms with Gasteiger partial charge in [-0.25, -0.2) is 4.98 Å². The van der Waals surface area contributed by atoms with Crippen LogP contribution in [0.2, 0.25) is 5.02 Å². The summed E-state index contributed by atoms with van der Waals surface area (Å²) in [6.07, 6.45) is -4.58. The topological polar surface area (TPSA) is 27.1 Å². The molecule has 0 saturated carbocycles. The maximum atomic E-state index is 13.3. The van der Waals surface area contributed by atoms with Gasteiger partial charge in [-0.3, -0.25) is 4.57 Å². The van der Waals surface area contributed by atoms with Gasteiger partial charge in [0, 0.05) is 10.7 Å². The van der Waals surface area contributed by atoms with Crippen molar-refractivity contribution in [2.45, 2.75) is 6.18 Å². The fraction of sp³-hybridized carbons (Fsp3) is 0.133. The molecule has 0 aliphatic heterocycles. The van der Waals surface area contributed by atoms with Crippen LogP contribution in [0.5, 0.6) is 5.75 Å². The largest absolute Gasteiger partial charge is 0.497 e. The molecule has 1 aromatic heterocycles. The summed E-state index contributed by atoms with van der Waals surface area (Å²) in [7, 11) is 1.49. The smallest absolute Gasteiger partial charge is 0.450 e. The molecule has 7 heteroatoms. The van der Waals surface area contributed by atoms with Gasteiger partial charge < -0.3 is 4.74 Å². The standard InChI is InChI=1S/C15H10ClF3N2O/c1-22-11-5-3-10(4-6-11)21-13-8-9(16)2-7-12(13)20-14(21)15(17,18)19/h2-8H,1H3. The van der Waals surface area contributed by atoms with E-state index < -0.39 is 12.0 Å². The lowest BCUT2D eigenvalue weighted by atomic mass is 10.2. The second kappa shape index (κ2) is 5.21. The monoisotopic (exact) mass is 326 g/mol. The van der Waals surface area contributed by atoms with E-state index in [2.05, 4.69) is 4.98 Å². The van der Waals surface area contributed by atoms with Crippen LogP contribution in [0.25, 0.3) is 16.7 Å². The summed E-state index contributed by atoms with van der Waals surface area (Å²) < 4.78 is 45.9. The van der Waals surface area contributed by atoms with Gasteiger partial charge in [-0.15, -0.1) is 0 Å². The average molecular weight is 327 g/mol. The molecule has 0 radical (unpaired) electrons. The Morgan fingerprint density at radius 2 is 1.77 bits per heavy atom. The third kappa shape index (κ3) is 2.50. The molecule has 0 aliphatic carbocycles. The van der Waals surface area contributed by atoms with Crippen LogP contribution in [0, 0.1) is 0 Å². The van der Waals surface area contributed by atoms with Crippen LogP contribution in [-0.4, -0.2) is 16.7 Å². The first-order valence-electron chi connectivity index (χ1n) is 6.30. The van der Waals surface area contributed by atoms with Crippen LogP contribution in [0.15, 0.2) is 42.5 Å². The fourth-order valence-electron chi connectivity index (χ4n) is 2.23. The number of imidazole rings is 1. The van der Waals surface area contributed by atoms with Crippen molar-refractivity contribution in [3.63, 3.8) is 0 Å². The van der Waals surface area contributed by atoms with Crippen LogP contribution in [0.4, 0.5) is 13.2 Å². The summed E-state index contributed by atoms with van der Waals surface area (Å²) in [5.74, 6) is -0.435. The molecule has 3 rings (SSSR count). The Morgan fingerprint density at radius 3 is 2.36 bits per heavy atom. The highest BCUT2D eigenvalue weighted by Crippen LogP contribution is 2.34. The van der Waals surface area contributed by atoms with Crippen molar-refractivity contribution in [3.8, 4) is 11.4 Å². The molecular weight excluding hydrogens is 317 g/mol. The number of aromatic nitrogens is 2. The number of benzene rings is 2. The number of nitrogens with zero attached hydrogens (tertiary/aromatic N) is 2. The molecule has 0 bridgehead atoms. The SMILES string of the molecule is COc1ccc(-n2c(C(F)(F)F)nc3ccc(Cl)cc32)cc1. The summed E-state index contributed by atoms with van der Waals surface area (Å²) in [6.45, 7) is 0. The van der Waals surface area contributed by atoms with Gasteiger partial charge in [-0.05, 0) is 42.5 Å². The predicted molar refractivity (Wildman–Crippen MR) is 77.6 cm³/mol. The van der Waals surface area contributed by atoms with Crippen LogP contribution in [0.3, 0.4) is 0 Å². The average Bonchev–Trinajstić information content (AvgIpc) is 2.86. The first-order valence-corrected chi connectivity index (χ1v) is 6.67. The number of alkyl halides is 3. The van der Waals surface area contributed by atoms with Gasteiger partial charge in [0.25, 0.3) is 0 Å². The maximum absolute atomic E-state index is 13.3. The first-order chi connectivity index (χ1) is 10.4. The third-order valence-corrected chi connectivity index (χ3v) is 3.44. The molecule has 0 aliphatic rings. The van der Waals surface area contributed by atoms with E-state index in [1.165, 1.54) is 37.4 Å². The third-order valence-electron chi connectivity index (χ3n) is 3.20. The van der Waals surface area contributed by atoms with Gasteiger partial charge in [-0.1, -0.05) is 11.6 Å². The Labute approximate surface area is 128 Å². The molecule has 3 nitrogen and oxygen atoms in total. The van der Waals surface area contributed by atoms with Crippen LogP contribution >= 0.6 is 11.6 Å². The van der Waals surface area contributed by atoms with E-state index in [4.69, 9.17) is 16.3 Å². The second-order valence-electron chi connectivity index (χ2n) is 4.60. The van der Waals surface area contributed by atoms with Crippen molar-refractivity contribution in [2.75, 3.05) is 7.11 Å². The minimum absolute atomic E-state index is 0.229. The number of ether oxygens (including phenoxy) is 1. The number of hydrogen-bond donors (Lipinski definition) is 0. The molecule has 0 unspecified atom stereocenters. The molecule has 0 atom stereocenters. The highest BCUT2D eigenvalue weighted by Gasteiger charge is 2.38. The summed E-state index contributed by atoms with van der Waals surface area (Å²) in [5.41, 5.74) is 0.857. The molecule has 2 aromatic carbocycles. The molecule has 0 spiro atoms. The molecule has 0 amide bonds. The van der Waals surface area contributed by atoms with Crippen LogP contribution in [-0.2, 0) is 6.18 Å². The second-order valence-corrected chi connectivity index (χ2v) is 5.04. The number of methoxy groups -OCH3 is 1. The highest BCUT2D eigenvalue weighted by molar-refractivity contribution is 6.31. The van der Waals surface area contributed by atoms with Crippen molar-refractivity contribution < 1.29 is 17.9 Å². The van der Waals surface area contributed by atoms with E-state index in [-0.39, 0.29) is 5.52 Å². The molecular formula is C15H10ClF3N2O. The van der Waals surface area contributed by atoms with Crippen molar-refractivity contribution in [3.05, 3.63) is 53.3 Å². The van der Waals surface area contributed by atoms with Crippen LogP contribution in [0.1, 0.15) is 5.82 Å².